The van der Waals surface area contributed by atoms with Crippen molar-refractivity contribution in [3.05, 3.63) is 111 Å². The fraction of sp³-hybridized carbons (Fsp3) is 0.125. The number of rotatable bonds is 6. The molecule has 9 heteroatoms. The van der Waals surface area contributed by atoms with E-state index in [1.807, 2.05) is 30.3 Å². The molecule has 170 valence electrons. The van der Waals surface area contributed by atoms with Crippen LogP contribution in [-0.4, -0.2) is 13.4 Å². The Morgan fingerprint density at radius 3 is 2.15 bits per heavy atom. The molecule has 0 aliphatic carbocycles. The molecule has 1 aromatic heterocycles. The number of halogens is 3. The predicted molar refractivity (Wildman–Crippen MR) is 119 cm³/mol. The molecule has 0 radical (unpaired) electrons. The largest absolute Gasteiger partial charge is 0.417 e. The lowest BCUT2D eigenvalue weighted by atomic mass is 10.0. The molecule has 3 aromatic carbocycles. The van der Waals surface area contributed by atoms with Gasteiger partial charge in [-0.15, -0.1) is 0 Å². The van der Waals surface area contributed by atoms with Crippen molar-refractivity contribution in [3.8, 4) is 0 Å². The molecule has 0 aliphatic heterocycles. The number of hydrogen-bond acceptors (Lipinski definition) is 3. The summed E-state index contributed by atoms with van der Waals surface area (Å²) in [4.78, 5) is 14.1. The zero-order valence-electron chi connectivity index (χ0n) is 17.2. The molecule has 1 heterocycles. The third kappa shape index (κ3) is 5.32. The van der Waals surface area contributed by atoms with Crippen molar-refractivity contribution in [2.75, 3.05) is 0 Å². The molecule has 0 unspecified atom stereocenters. The SMILES string of the molecule is O=c1cc(C(F)(F)F)c2cc(Cc3ccc(S(=O)(=O)NCc4ccccc4)cc3)ccc2[nH]1. The molecule has 0 saturated carbocycles. The molecular weight excluding hydrogens is 453 g/mol. The van der Waals surface area contributed by atoms with Crippen LogP contribution in [0.4, 0.5) is 13.2 Å². The molecule has 0 spiro atoms. The molecule has 0 aliphatic rings. The molecular formula is C24H19F3N2O3S. The average Bonchev–Trinajstić information content (AvgIpc) is 2.78. The van der Waals surface area contributed by atoms with E-state index in [1.165, 1.54) is 24.3 Å². The summed E-state index contributed by atoms with van der Waals surface area (Å²) in [5, 5.41) is -0.0936. The Labute approximate surface area is 188 Å². The van der Waals surface area contributed by atoms with E-state index in [2.05, 4.69) is 9.71 Å². The van der Waals surface area contributed by atoms with Gasteiger partial charge in [0, 0.05) is 23.5 Å². The number of aromatic amines is 1. The van der Waals surface area contributed by atoms with Gasteiger partial charge in [0.15, 0.2) is 0 Å². The highest BCUT2D eigenvalue weighted by Crippen LogP contribution is 2.33. The van der Waals surface area contributed by atoms with Gasteiger partial charge < -0.3 is 4.98 Å². The van der Waals surface area contributed by atoms with Gasteiger partial charge in [0.05, 0.1) is 10.5 Å². The first kappa shape index (κ1) is 22.8. The van der Waals surface area contributed by atoms with Crippen LogP contribution in [0.2, 0.25) is 0 Å². The topological polar surface area (TPSA) is 79.0 Å². The Morgan fingerprint density at radius 1 is 0.818 bits per heavy atom. The molecule has 0 amide bonds. The average molecular weight is 472 g/mol. The fourth-order valence-corrected chi connectivity index (χ4v) is 4.54. The zero-order valence-corrected chi connectivity index (χ0v) is 18.0. The van der Waals surface area contributed by atoms with Crippen molar-refractivity contribution in [3.63, 3.8) is 0 Å². The highest BCUT2D eigenvalue weighted by atomic mass is 32.2. The van der Waals surface area contributed by atoms with Gasteiger partial charge in [-0.3, -0.25) is 4.79 Å². The maximum atomic E-state index is 13.4. The van der Waals surface area contributed by atoms with Crippen molar-refractivity contribution >= 4 is 20.9 Å². The monoisotopic (exact) mass is 472 g/mol. The van der Waals surface area contributed by atoms with Crippen molar-refractivity contribution in [1.29, 1.82) is 0 Å². The smallest absolute Gasteiger partial charge is 0.322 e. The number of nitrogens with one attached hydrogen (secondary N) is 2. The first-order valence-electron chi connectivity index (χ1n) is 9.97. The summed E-state index contributed by atoms with van der Waals surface area (Å²) < 4.78 is 67.7. The number of aromatic nitrogens is 1. The summed E-state index contributed by atoms with van der Waals surface area (Å²) in [6.45, 7) is 0.158. The second-order valence-electron chi connectivity index (χ2n) is 7.56. The van der Waals surface area contributed by atoms with Crippen LogP contribution in [0.1, 0.15) is 22.3 Å². The van der Waals surface area contributed by atoms with E-state index in [-0.39, 0.29) is 22.3 Å². The second-order valence-corrected chi connectivity index (χ2v) is 9.32. The van der Waals surface area contributed by atoms with Gasteiger partial charge in [-0.2, -0.15) is 13.2 Å². The van der Waals surface area contributed by atoms with Crippen molar-refractivity contribution in [2.24, 2.45) is 0 Å². The minimum atomic E-state index is -4.66. The summed E-state index contributed by atoms with van der Waals surface area (Å²) in [7, 11) is -3.71. The van der Waals surface area contributed by atoms with Crippen LogP contribution >= 0.6 is 0 Å². The summed E-state index contributed by atoms with van der Waals surface area (Å²) in [6.07, 6.45) is -4.36. The quantitative estimate of drug-likeness (QED) is 0.430. The van der Waals surface area contributed by atoms with E-state index < -0.39 is 27.3 Å². The van der Waals surface area contributed by atoms with Gasteiger partial charge in [0.25, 0.3) is 0 Å². The number of fused-ring (bicyclic) bond motifs is 1. The van der Waals surface area contributed by atoms with Gasteiger partial charge in [-0.05, 0) is 47.4 Å². The van der Waals surface area contributed by atoms with Crippen molar-refractivity contribution in [2.45, 2.75) is 24.0 Å². The minimum Gasteiger partial charge on any atom is -0.322 e. The first-order chi connectivity index (χ1) is 15.6. The van der Waals surface area contributed by atoms with Crippen LogP contribution in [0.5, 0.6) is 0 Å². The van der Waals surface area contributed by atoms with E-state index in [0.717, 1.165) is 11.1 Å². The van der Waals surface area contributed by atoms with Crippen LogP contribution in [-0.2, 0) is 29.2 Å². The summed E-state index contributed by atoms with van der Waals surface area (Å²) in [5.74, 6) is 0. The molecule has 0 saturated heterocycles. The Bertz CT molecular complexity index is 1450. The van der Waals surface area contributed by atoms with Gasteiger partial charge in [-0.1, -0.05) is 48.5 Å². The number of hydrogen-bond donors (Lipinski definition) is 2. The van der Waals surface area contributed by atoms with Crippen LogP contribution < -0.4 is 10.3 Å². The molecule has 0 atom stereocenters. The highest BCUT2D eigenvalue weighted by molar-refractivity contribution is 7.89. The van der Waals surface area contributed by atoms with E-state index in [0.29, 0.717) is 18.1 Å². The predicted octanol–water partition coefficient (Wildman–Crippen LogP) is 4.62. The van der Waals surface area contributed by atoms with Crippen LogP contribution in [0.25, 0.3) is 10.9 Å². The van der Waals surface area contributed by atoms with Gasteiger partial charge in [0.1, 0.15) is 0 Å². The molecule has 2 N–H and O–H groups in total. The first-order valence-corrected chi connectivity index (χ1v) is 11.5. The van der Waals surface area contributed by atoms with Crippen molar-refractivity contribution < 1.29 is 21.6 Å². The standard InChI is InChI=1S/C24H19F3N2O3S/c25-24(26,27)21-14-23(30)29-22-11-8-18(13-20(21)22)12-16-6-9-19(10-7-16)33(31,32)28-15-17-4-2-1-3-5-17/h1-11,13-14,28H,12,15H2,(H,29,30). The Balaban J connectivity index is 1.54. The number of pyridine rings is 1. The fourth-order valence-electron chi connectivity index (χ4n) is 3.53. The van der Waals surface area contributed by atoms with Crippen LogP contribution in [0, 0.1) is 0 Å². The van der Waals surface area contributed by atoms with Crippen molar-refractivity contribution in [1.82, 2.24) is 9.71 Å². The Kier molecular flexibility index (Phi) is 6.09. The summed E-state index contributed by atoms with van der Waals surface area (Å²) in [5.41, 5.74) is 0.444. The number of H-pyrrole nitrogens is 1. The molecule has 5 nitrogen and oxygen atoms in total. The summed E-state index contributed by atoms with van der Waals surface area (Å²) >= 11 is 0. The normalized spacial score (nSPS) is 12.2. The molecule has 0 bridgehead atoms. The molecule has 4 aromatic rings. The summed E-state index contributed by atoms with van der Waals surface area (Å²) in [6, 6.07) is 20.3. The third-order valence-electron chi connectivity index (χ3n) is 5.16. The lowest BCUT2D eigenvalue weighted by molar-refractivity contribution is -0.136. The molecule has 4 rings (SSSR count). The van der Waals surface area contributed by atoms with E-state index in [1.54, 1.807) is 18.2 Å². The van der Waals surface area contributed by atoms with E-state index in [4.69, 9.17) is 0 Å². The van der Waals surface area contributed by atoms with Crippen LogP contribution in [0.15, 0.2) is 88.6 Å². The van der Waals surface area contributed by atoms with Gasteiger partial charge >= 0.3 is 6.18 Å². The van der Waals surface area contributed by atoms with E-state index in [9.17, 15) is 26.4 Å². The minimum absolute atomic E-state index is 0.0936. The number of benzene rings is 3. The molecule has 0 fully saturated rings. The number of sulfonamides is 1. The lowest BCUT2D eigenvalue weighted by Crippen LogP contribution is -2.23. The van der Waals surface area contributed by atoms with Gasteiger partial charge in [0.2, 0.25) is 15.6 Å². The Hall–Kier alpha value is -3.43. The van der Waals surface area contributed by atoms with Crippen LogP contribution in [0.3, 0.4) is 0 Å². The Morgan fingerprint density at radius 2 is 1.48 bits per heavy atom. The third-order valence-corrected chi connectivity index (χ3v) is 6.58. The lowest BCUT2D eigenvalue weighted by Gasteiger charge is -2.12. The maximum Gasteiger partial charge on any atom is 0.417 e. The zero-order chi connectivity index (χ0) is 23.6. The second kappa shape index (κ2) is 8.84. The number of alkyl halides is 3. The highest BCUT2D eigenvalue weighted by Gasteiger charge is 2.33. The van der Waals surface area contributed by atoms with Gasteiger partial charge in [-0.25, -0.2) is 13.1 Å². The maximum absolute atomic E-state index is 13.4. The molecule has 33 heavy (non-hydrogen) atoms. The van der Waals surface area contributed by atoms with E-state index >= 15 is 0 Å².